The Morgan fingerprint density at radius 3 is 2.44 bits per heavy atom. The Kier molecular flexibility index (Phi) is 2.98. The van der Waals surface area contributed by atoms with Crippen LogP contribution in [0.1, 0.15) is 33.3 Å². The summed E-state index contributed by atoms with van der Waals surface area (Å²) in [5, 5.41) is 2.47. The van der Waals surface area contributed by atoms with Gasteiger partial charge in [-0.25, -0.2) is 14.8 Å². The highest BCUT2D eigenvalue weighted by Crippen LogP contribution is 2.37. The summed E-state index contributed by atoms with van der Waals surface area (Å²) in [6, 6.07) is 0. The molecule has 1 N–H and O–H groups in total. The second-order valence-electron chi connectivity index (χ2n) is 5.44. The van der Waals surface area contributed by atoms with E-state index in [1.807, 2.05) is 6.92 Å². The lowest BCUT2D eigenvalue weighted by Gasteiger charge is -2.19. The second kappa shape index (κ2) is 4.20. The van der Waals surface area contributed by atoms with Crippen molar-refractivity contribution in [3.8, 4) is 0 Å². The van der Waals surface area contributed by atoms with Gasteiger partial charge in [0.2, 0.25) is 5.95 Å². The van der Waals surface area contributed by atoms with Crippen LogP contribution in [0, 0.1) is 0 Å². The zero-order chi connectivity index (χ0) is 13.4. The van der Waals surface area contributed by atoms with Crippen molar-refractivity contribution in [1.82, 2.24) is 9.97 Å². The van der Waals surface area contributed by atoms with Crippen molar-refractivity contribution in [3.63, 3.8) is 0 Å². The maximum atomic E-state index is 11.5. The van der Waals surface area contributed by atoms with E-state index in [4.69, 9.17) is 9.47 Å². The fourth-order valence-corrected chi connectivity index (χ4v) is 1.34. The summed E-state index contributed by atoms with van der Waals surface area (Å²) >= 11 is 0. The van der Waals surface area contributed by atoms with Gasteiger partial charge in [-0.3, -0.25) is 5.32 Å². The molecule has 18 heavy (non-hydrogen) atoms. The summed E-state index contributed by atoms with van der Waals surface area (Å²) < 4.78 is 10.4. The van der Waals surface area contributed by atoms with Crippen LogP contribution in [0.25, 0.3) is 0 Å². The van der Waals surface area contributed by atoms with E-state index in [1.54, 1.807) is 33.2 Å². The molecule has 1 aliphatic rings. The number of hydrogen-bond donors (Lipinski definition) is 1. The van der Waals surface area contributed by atoms with Crippen molar-refractivity contribution in [2.45, 2.75) is 38.9 Å². The number of carbonyl (C=O) groups is 1. The van der Waals surface area contributed by atoms with Crippen LogP contribution >= 0.6 is 0 Å². The van der Waals surface area contributed by atoms with Gasteiger partial charge in [0, 0.05) is 18.0 Å². The molecule has 6 nitrogen and oxygen atoms in total. The normalized spacial score (nSPS) is 22.4. The zero-order valence-corrected chi connectivity index (χ0v) is 11.0. The lowest BCUT2D eigenvalue weighted by molar-refractivity contribution is 0.0634. The average Bonchev–Trinajstić information content (AvgIpc) is 2.95. The molecule has 1 saturated heterocycles. The molecule has 0 aliphatic carbocycles. The van der Waals surface area contributed by atoms with Gasteiger partial charge in [-0.1, -0.05) is 0 Å². The van der Waals surface area contributed by atoms with E-state index in [-0.39, 0.29) is 11.5 Å². The summed E-state index contributed by atoms with van der Waals surface area (Å²) in [5.41, 5.74) is 0.0984. The van der Waals surface area contributed by atoms with Gasteiger partial charge in [-0.05, 0) is 27.7 Å². The van der Waals surface area contributed by atoms with Crippen LogP contribution in [0.4, 0.5) is 10.7 Å². The number of hydrogen-bond acceptors (Lipinski definition) is 5. The van der Waals surface area contributed by atoms with E-state index in [1.165, 1.54) is 0 Å². The zero-order valence-electron chi connectivity index (χ0n) is 11.0. The Bertz CT molecular complexity index is 447. The van der Waals surface area contributed by atoms with Gasteiger partial charge in [0.1, 0.15) is 11.2 Å². The molecule has 1 atom stereocenters. The first kappa shape index (κ1) is 12.8. The van der Waals surface area contributed by atoms with Gasteiger partial charge in [0.25, 0.3) is 0 Å². The van der Waals surface area contributed by atoms with Crippen LogP contribution < -0.4 is 5.32 Å². The van der Waals surface area contributed by atoms with Gasteiger partial charge in [-0.2, -0.15) is 0 Å². The Labute approximate surface area is 106 Å². The maximum Gasteiger partial charge on any atom is 0.414 e. The summed E-state index contributed by atoms with van der Waals surface area (Å²) in [7, 11) is 0. The molecule has 2 rings (SSSR count). The molecule has 0 saturated carbocycles. The Morgan fingerprint density at radius 1 is 1.44 bits per heavy atom. The van der Waals surface area contributed by atoms with Crippen LogP contribution in [0.5, 0.6) is 0 Å². The number of rotatable bonds is 2. The number of aromatic nitrogens is 2. The molecule has 1 amide bonds. The van der Waals surface area contributed by atoms with Gasteiger partial charge < -0.3 is 9.47 Å². The third-order valence-corrected chi connectivity index (χ3v) is 2.45. The molecule has 1 aromatic rings. The highest BCUT2D eigenvalue weighted by molar-refractivity contribution is 5.82. The first-order chi connectivity index (χ1) is 8.28. The van der Waals surface area contributed by atoms with E-state index >= 15 is 0 Å². The first-order valence-electron chi connectivity index (χ1n) is 5.75. The minimum atomic E-state index is -0.566. The van der Waals surface area contributed by atoms with Crippen LogP contribution in [0.3, 0.4) is 0 Å². The first-order valence-corrected chi connectivity index (χ1v) is 5.75. The quantitative estimate of drug-likeness (QED) is 0.814. The van der Waals surface area contributed by atoms with Gasteiger partial charge >= 0.3 is 6.09 Å². The van der Waals surface area contributed by atoms with E-state index in [0.717, 1.165) is 5.56 Å². The molecule has 98 valence electrons. The molecule has 1 aromatic heterocycles. The van der Waals surface area contributed by atoms with Gasteiger partial charge in [0.05, 0.1) is 6.61 Å². The topological polar surface area (TPSA) is 76.6 Å². The van der Waals surface area contributed by atoms with E-state index < -0.39 is 11.7 Å². The second-order valence-corrected chi connectivity index (χ2v) is 5.44. The molecule has 0 radical (unpaired) electrons. The van der Waals surface area contributed by atoms with Crippen LogP contribution in [0.2, 0.25) is 0 Å². The number of nitrogens with one attached hydrogen (secondary N) is 1. The molecular formula is C12H17N3O3. The van der Waals surface area contributed by atoms with Crippen molar-refractivity contribution in [3.05, 3.63) is 18.0 Å². The third kappa shape index (κ3) is 3.16. The molecule has 1 fully saturated rings. The standard InChI is InChI=1S/C12H17N3O3/c1-11(2,3)18-10(16)15-9-13-5-8(6-14-9)12(4)7-17-12/h5-6H,7H2,1-4H3,(H,13,14,15,16). The minimum absolute atomic E-state index is 0.220. The summed E-state index contributed by atoms with van der Waals surface area (Å²) in [4.78, 5) is 19.6. The number of epoxide rings is 1. The average molecular weight is 251 g/mol. The van der Waals surface area contributed by atoms with Gasteiger partial charge in [-0.15, -0.1) is 0 Å². The van der Waals surface area contributed by atoms with Crippen molar-refractivity contribution < 1.29 is 14.3 Å². The Morgan fingerprint density at radius 2 is 2.00 bits per heavy atom. The molecule has 0 bridgehead atoms. The van der Waals surface area contributed by atoms with Crippen LogP contribution in [0.15, 0.2) is 12.4 Å². The Hall–Kier alpha value is -1.69. The summed E-state index contributed by atoms with van der Waals surface area (Å²) in [6.07, 6.45) is 2.73. The Balaban J connectivity index is 1.96. The SMILES string of the molecule is CC(C)(C)OC(=O)Nc1ncc(C2(C)CO2)cn1. The van der Waals surface area contributed by atoms with Crippen molar-refractivity contribution >= 4 is 12.0 Å². The number of anilines is 1. The number of ether oxygens (including phenoxy) is 2. The molecule has 1 aliphatic heterocycles. The van der Waals surface area contributed by atoms with E-state index in [0.29, 0.717) is 6.61 Å². The summed E-state index contributed by atoms with van der Waals surface area (Å²) in [5.74, 6) is 0.220. The minimum Gasteiger partial charge on any atom is -0.444 e. The predicted molar refractivity (Wildman–Crippen MR) is 65.2 cm³/mol. The highest BCUT2D eigenvalue weighted by atomic mass is 16.6. The molecule has 6 heteroatoms. The fourth-order valence-electron chi connectivity index (χ4n) is 1.34. The van der Waals surface area contributed by atoms with Crippen molar-refractivity contribution in [2.24, 2.45) is 0 Å². The molecule has 0 aromatic carbocycles. The smallest absolute Gasteiger partial charge is 0.414 e. The monoisotopic (exact) mass is 251 g/mol. The number of carbonyl (C=O) groups excluding carboxylic acids is 1. The predicted octanol–water partition coefficient (Wildman–Crippen LogP) is 2.07. The molecular weight excluding hydrogens is 234 g/mol. The van der Waals surface area contributed by atoms with Crippen LogP contribution in [-0.4, -0.2) is 28.3 Å². The van der Waals surface area contributed by atoms with E-state index in [2.05, 4.69) is 15.3 Å². The highest BCUT2D eigenvalue weighted by Gasteiger charge is 2.41. The summed E-state index contributed by atoms with van der Waals surface area (Å²) in [6.45, 7) is 8.02. The lowest BCUT2D eigenvalue weighted by Crippen LogP contribution is -2.27. The van der Waals surface area contributed by atoms with Crippen molar-refractivity contribution in [1.29, 1.82) is 0 Å². The van der Waals surface area contributed by atoms with Crippen LogP contribution in [-0.2, 0) is 15.1 Å². The molecule has 1 unspecified atom stereocenters. The third-order valence-electron chi connectivity index (χ3n) is 2.45. The lowest BCUT2D eigenvalue weighted by atomic mass is 10.1. The maximum absolute atomic E-state index is 11.5. The fraction of sp³-hybridized carbons (Fsp3) is 0.583. The van der Waals surface area contributed by atoms with E-state index in [9.17, 15) is 4.79 Å². The molecule has 0 spiro atoms. The largest absolute Gasteiger partial charge is 0.444 e. The number of amides is 1. The molecule has 2 heterocycles. The van der Waals surface area contributed by atoms with Gasteiger partial charge in [0.15, 0.2) is 0 Å². The number of nitrogens with zero attached hydrogens (tertiary/aromatic N) is 2. The van der Waals surface area contributed by atoms with Crippen molar-refractivity contribution in [2.75, 3.05) is 11.9 Å².